The van der Waals surface area contributed by atoms with E-state index in [4.69, 9.17) is 0 Å². The Morgan fingerprint density at radius 2 is 1.76 bits per heavy atom. The summed E-state index contributed by atoms with van der Waals surface area (Å²) < 4.78 is 0. The minimum Gasteiger partial charge on any atom is -0.372 e. The highest BCUT2D eigenvalue weighted by Gasteiger charge is 2.56. The average Bonchev–Trinajstić information content (AvgIpc) is 3.61. The highest BCUT2D eigenvalue weighted by Crippen LogP contribution is 2.50. The van der Waals surface area contributed by atoms with Crippen LogP contribution in [0.5, 0.6) is 0 Å². The Labute approximate surface area is 222 Å². The third kappa shape index (κ3) is 3.80. The summed E-state index contributed by atoms with van der Waals surface area (Å²) >= 11 is 0. The molecule has 0 bridgehead atoms. The number of benzene rings is 2. The van der Waals surface area contributed by atoms with E-state index in [9.17, 15) is 24.8 Å². The van der Waals surface area contributed by atoms with Gasteiger partial charge in [0.1, 0.15) is 12.1 Å². The Morgan fingerprint density at radius 1 is 1.08 bits per heavy atom. The van der Waals surface area contributed by atoms with Gasteiger partial charge in [-0.1, -0.05) is 55.0 Å². The predicted molar refractivity (Wildman–Crippen MR) is 139 cm³/mol. The second-order valence-electron chi connectivity index (χ2n) is 11.1. The zero-order chi connectivity index (χ0) is 26.4. The molecule has 1 saturated carbocycles. The number of fused-ring (bicyclic) bond motifs is 4. The van der Waals surface area contributed by atoms with Crippen molar-refractivity contribution in [2.24, 2.45) is 17.8 Å². The number of hydrogen-bond acceptors (Lipinski definition) is 5. The number of nitrogens with one attached hydrogen (secondary N) is 2. The molecule has 196 valence electrons. The molecule has 2 aromatic carbocycles. The molecule has 0 radical (unpaired) electrons. The molecule has 8 nitrogen and oxygen atoms in total. The first-order valence-corrected chi connectivity index (χ1v) is 13.6. The summed E-state index contributed by atoms with van der Waals surface area (Å²) in [5.74, 6) is -1.12. The van der Waals surface area contributed by atoms with Crippen molar-refractivity contribution >= 4 is 17.7 Å². The Morgan fingerprint density at radius 3 is 2.42 bits per heavy atom. The molecule has 5 atom stereocenters. The third-order valence-corrected chi connectivity index (χ3v) is 9.05. The largest absolute Gasteiger partial charge is 0.372 e. The number of carbonyl (C=O) groups excluding carboxylic acids is 3. The zero-order valence-corrected chi connectivity index (χ0v) is 21.2. The molecule has 0 aromatic heterocycles. The van der Waals surface area contributed by atoms with Gasteiger partial charge in [0.2, 0.25) is 11.8 Å². The first-order valence-electron chi connectivity index (χ1n) is 13.6. The fourth-order valence-electron chi connectivity index (χ4n) is 7.25. The number of nitriles is 1. The number of piperidine rings is 1. The summed E-state index contributed by atoms with van der Waals surface area (Å²) in [5.41, 5.74) is 0.796. The Kier molecular flexibility index (Phi) is 6.19. The van der Waals surface area contributed by atoms with E-state index < -0.39 is 23.6 Å². The van der Waals surface area contributed by atoms with Crippen molar-refractivity contribution in [2.45, 2.75) is 56.2 Å². The van der Waals surface area contributed by atoms with E-state index in [1.54, 1.807) is 17.0 Å². The summed E-state index contributed by atoms with van der Waals surface area (Å²) in [7, 11) is 0. The Hall–Kier alpha value is -3.70. The van der Waals surface area contributed by atoms with Gasteiger partial charge in [-0.2, -0.15) is 5.26 Å². The summed E-state index contributed by atoms with van der Waals surface area (Å²) in [6.45, 7) is 1.03. The number of likely N-dealkylation sites (tertiary alicyclic amines) is 1. The van der Waals surface area contributed by atoms with Crippen LogP contribution in [0, 0.1) is 29.1 Å². The van der Waals surface area contributed by atoms with Crippen molar-refractivity contribution in [3.8, 4) is 17.2 Å². The third-order valence-electron chi connectivity index (χ3n) is 9.05. The normalized spacial score (nSPS) is 27.5. The van der Waals surface area contributed by atoms with E-state index in [2.05, 4.69) is 16.7 Å². The first-order chi connectivity index (χ1) is 18.4. The topological polar surface area (TPSA) is 123 Å². The maximum atomic E-state index is 14.3. The number of hydrogen-bond donors (Lipinski definition) is 3. The molecule has 0 unspecified atom stereocenters. The maximum absolute atomic E-state index is 14.3. The van der Waals surface area contributed by atoms with Crippen molar-refractivity contribution in [2.75, 3.05) is 13.1 Å². The first kappa shape index (κ1) is 24.6. The number of aliphatic hydroxyl groups is 1. The van der Waals surface area contributed by atoms with Gasteiger partial charge < -0.3 is 20.6 Å². The monoisotopic (exact) mass is 512 g/mol. The number of carbonyl (C=O) groups is 3. The van der Waals surface area contributed by atoms with Crippen LogP contribution < -0.4 is 10.6 Å². The molecule has 2 aliphatic carbocycles. The molecule has 2 heterocycles. The van der Waals surface area contributed by atoms with Crippen LogP contribution in [0.4, 0.5) is 0 Å². The SMILES string of the molecule is N#C[C@H](C[C@@H]1CCCNC1=O)NC(=O)[C@@H]1[C@H]2CCC[C@H]2CN1C(=O)C1(O)c2ccccc2-c2ccccc21. The van der Waals surface area contributed by atoms with Crippen LogP contribution in [0.2, 0.25) is 0 Å². The van der Waals surface area contributed by atoms with Crippen LogP contribution in [-0.4, -0.2) is 52.9 Å². The highest BCUT2D eigenvalue weighted by molar-refractivity contribution is 6.01. The van der Waals surface area contributed by atoms with E-state index in [0.717, 1.165) is 36.8 Å². The van der Waals surface area contributed by atoms with Gasteiger partial charge in [0.25, 0.3) is 5.91 Å². The fraction of sp³-hybridized carbons (Fsp3) is 0.467. The summed E-state index contributed by atoms with van der Waals surface area (Å²) in [4.78, 5) is 41.9. The molecule has 3 fully saturated rings. The number of amides is 3. The van der Waals surface area contributed by atoms with Crippen molar-refractivity contribution in [1.82, 2.24) is 15.5 Å². The molecule has 38 heavy (non-hydrogen) atoms. The highest BCUT2D eigenvalue weighted by atomic mass is 16.3. The molecule has 8 heteroatoms. The van der Waals surface area contributed by atoms with E-state index in [1.807, 2.05) is 36.4 Å². The maximum Gasteiger partial charge on any atom is 0.264 e. The summed E-state index contributed by atoms with van der Waals surface area (Å²) in [5, 5.41) is 27.6. The molecule has 6 rings (SSSR count). The second-order valence-corrected chi connectivity index (χ2v) is 11.1. The van der Waals surface area contributed by atoms with Gasteiger partial charge in [-0.3, -0.25) is 14.4 Å². The number of rotatable bonds is 5. The van der Waals surface area contributed by atoms with Gasteiger partial charge in [-0.15, -0.1) is 0 Å². The zero-order valence-electron chi connectivity index (χ0n) is 21.2. The van der Waals surface area contributed by atoms with E-state index in [0.29, 0.717) is 30.6 Å². The summed E-state index contributed by atoms with van der Waals surface area (Å²) in [6, 6.07) is 15.3. The Bertz CT molecular complexity index is 1290. The van der Waals surface area contributed by atoms with E-state index >= 15 is 0 Å². The van der Waals surface area contributed by atoms with Crippen molar-refractivity contribution in [1.29, 1.82) is 5.26 Å². The van der Waals surface area contributed by atoms with E-state index in [-0.39, 0.29) is 36.0 Å². The molecular formula is C30H32N4O4. The number of nitrogens with zero attached hydrogens (tertiary/aromatic N) is 2. The molecule has 2 aliphatic heterocycles. The van der Waals surface area contributed by atoms with Crippen LogP contribution in [0.15, 0.2) is 48.5 Å². The lowest BCUT2D eigenvalue weighted by atomic mass is 9.88. The fourth-order valence-corrected chi connectivity index (χ4v) is 7.25. The van der Waals surface area contributed by atoms with Gasteiger partial charge in [0.05, 0.1) is 6.07 Å². The average molecular weight is 513 g/mol. The van der Waals surface area contributed by atoms with Crippen molar-refractivity contribution < 1.29 is 19.5 Å². The van der Waals surface area contributed by atoms with Gasteiger partial charge >= 0.3 is 0 Å². The van der Waals surface area contributed by atoms with Gasteiger partial charge in [0.15, 0.2) is 5.60 Å². The smallest absolute Gasteiger partial charge is 0.264 e. The standard InChI is InChI=1S/C30H32N4O4/c31-16-20(15-18-8-6-14-32-27(18)35)33-28(36)26-21-11-5-7-19(21)17-34(26)29(37)30(38)24-12-3-1-9-22(24)23-10-2-4-13-25(23)30/h1-4,9-10,12-13,18-21,26,38H,5-8,11,14-15,17H2,(H,32,35)(H,33,36)/t18-,19-,20-,21-,26-/m0/s1. The van der Waals surface area contributed by atoms with Crippen LogP contribution in [-0.2, 0) is 20.0 Å². The van der Waals surface area contributed by atoms with Crippen LogP contribution in [0.3, 0.4) is 0 Å². The molecule has 4 aliphatic rings. The Balaban J connectivity index is 1.30. The molecule has 3 N–H and O–H groups in total. The molecule has 2 aromatic rings. The van der Waals surface area contributed by atoms with Crippen molar-refractivity contribution in [3.05, 3.63) is 59.7 Å². The molecule has 2 saturated heterocycles. The summed E-state index contributed by atoms with van der Waals surface area (Å²) in [6.07, 6.45) is 4.51. The molecular weight excluding hydrogens is 480 g/mol. The van der Waals surface area contributed by atoms with Gasteiger partial charge in [-0.25, -0.2) is 0 Å². The van der Waals surface area contributed by atoms with Gasteiger partial charge in [-0.05, 0) is 55.1 Å². The van der Waals surface area contributed by atoms with Crippen LogP contribution in [0.25, 0.3) is 11.1 Å². The lowest BCUT2D eigenvalue weighted by Gasteiger charge is -2.34. The van der Waals surface area contributed by atoms with Crippen LogP contribution >= 0.6 is 0 Å². The molecule has 0 spiro atoms. The molecule has 3 amide bonds. The quantitative estimate of drug-likeness (QED) is 0.568. The predicted octanol–water partition coefficient (Wildman–Crippen LogP) is 2.45. The minimum atomic E-state index is -1.89. The van der Waals surface area contributed by atoms with Gasteiger partial charge in [0, 0.05) is 30.1 Å². The van der Waals surface area contributed by atoms with Crippen molar-refractivity contribution in [3.63, 3.8) is 0 Å². The van der Waals surface area contributed by atoms with E-state index in [1.165, 1.54) is 0 Å². The van der Waals surface area contributed by atoms with Crippen LogP contribution in [0.1, 0.15) is 49.7 Å². The lowest BCUT2D eigenvalue weighted by Crippen LogP contribution is -2.55. The second kappa shape index (κ2) is 9.55. The minimum absolute atomic E-state index is 0.0215. The lowest BCUT2D eigenvalue weighted by molar-refractivity contribution is -0.152.